The lowest BCUT2D eigenvalue weighted by Crippen LogP contribution is -2.65. The molecule has 0 aromatic carbocycles. The van der Waals surface area contributed by atoms with Crippen LogP contribution in [-0.4, -0.2) is 163 Å². The van der Waals surface area contributed by atoms with E-state index in [0.29, 0.717) is 0 Å². The second-order valence-electron chi connectivity index (χ2n) is 8.69. The van der Waals surface area contributed by atoms with E-state index in [-0.39, 0.29) is 0 Å². The predicted octanol–water partition coefficient (Wildman–Crippen LogP) is -6.50. The van der Waals surface area contributed by atoms with Crippen LogP contribution in [0.1, 0.15) is 6.92 Å². The van der Waals surface area contributed by atoms with Gasteiger partial charge in [-0.2, -0.15) is 0 Å². The van der Waals surface area contributed by atoms with Gasteiger partial charge in [-0.05, 0) is 6.92 Å². The minimum Gasteiger partial charge on any atom is -0.394 e. The molecule has 6 unspecified atom stereocenters. The van der Waals surface area contributed by atoms with Gasteiger partial charge in [0.15, 0.2) is 12.6 Å². The fraction of sp³-hybridized carbons (Fsp3) is 1.00. The average Bonchev–Trinajstić information content (AvgIpc) is 2.83. The highest BCUT2D eigenvalue weighted by atomic mass is 16.7. The Hall–Kier alpha value is -0.600. The van der Waals surface area contributed by atoms with Crippen molar-refractivity contribution in [2.75, 3.05) is 19.8 Å². The Morgan fingerprint density at radius 2 is 1.09 bits per heavy atom. The van der Waals surface area contributed by atoms with Gasteiger partial charge in [-0.15, -0.1) is 0 Å². The van der Waals surface area contributed by atoms with E-state index in [2.05, 4.69) is 0 Å². The standard InChI is InChI=1S/C19H34O15/c1-5-9(22)12(25)11(24)8(31-5)4-30-18-16(29)14(27)17(7(3-21)33-18)34-19-15(28)13(26)10(23)6(2-20)32-19/h5-29H,2-4H2,1H3/t5-,6?,7?,8?,9?,10-,11-,12-,13+,14-,15?,16?,17+,18+,19-/m1/s1. The maximum Gasteiger partial charge on any atom is 0.187 e. The van der Waals surface area contributed by atoms with Crippen LogP contribution in [0, 0.1) is 0 Å². The van der Waals surface area contributed by atoms with Gasteiger partial charge in [0.05, 0.1) is 25.9 Å². The summed E-state index contributed by atoms with van der Waals surface area (Å²) in [5.41, 5.74) is 0. The first-order valence-corrected chi connectivity index (χ1v) is 10.9. The molecule has 15 nitrogen and oxygen atoms in total. The number of hydrogen-bond acceptors (Lipinski definition) is 15. The highest BCUT2D eigenvalue weighted by Gasteiger charge is 2.51. The van der Waals surface area contributed by atoms with E-state index in [9.17, 15) is 51.1 Å². The highest BCUT2D eigenvalue weighted by molar-refractivity contribution is 4.95. The normalized spacial score (nSPS) is 52.5. The lowest BCUT2D eigenvalue weighted by Gasteiger charge is -2.46. The van der Waals surface area contributed by atoms with E-state index in [0.717, 1.165) is 0 Å². The Morgan fingerprint density at radius 3 is 1.71 bits per heavy atom. The SMILES string of the molecule is C[C@H]1OC(CO[C@H]2OC(CO)[C@H](O[C@H]3OC(CO)[C@@H](O)[C@H](O)C3O)[C@H](O)C2O)[C@@H](O)[C@H](O)C1O. The molecule has 3 aliphatic heterocycles. The van der Waals surface area contributed by atoms with Crippen LogP contribution < -0.4 is 0 Å². The maximum atomic E-state index is 10.6. The van der Waals surface area contributed by atoms with Crippen molar-refractivity contribution in [3.05, 3.63) is 0 Å². The molecule has 3 fully saturated rings. The van der Waals surface area contributed by atoms with E-state index in [1.807, 2.05) is 0 Å². The molecule has 0 bridgehead atoms. The van der Waals surface area contributed by atoms with E-state index in [1.54, 1.807) is 0 Å². The third-order valence-electron chi connectivity index (χ3n) is 6.34. The monoisotopic (exact) mass is 502 g/mol. The molecule has 200 valence electrons. The van der Waals surface area contributed by atoms with Crippen LogP contribution in [-0.2, 0) is 23.7 Å². The molecule has 0 aliphatic carbocycles. The molecular formula is C19H34O15. The molecule has 3 aliphatic rings. The fourth-order valence-electron chi connectivity index (χ4n) is 4.16. The molecule has 0 spiro atoms. The fourth-order valence-corrected chi connectivity index (χ4v) is 4.16. The summed E-state index contributed by atoms with van der Waals surface area (Å²) in [7, 11) is 0. The zero-order valence-electron chi connectivity index (χ0n) is 18.3. The van der Waals surface area contributed by atoms with Crippen LogP contribution in [0.5, 0.6) is 0 Å². The van der Waals surface area contributed by atoms with Crippen molar-refractivity contribution in [1.29, 1.82) is 0 Å². The maximum absolute atomic E-state index is 10.6. The third kappa shape index (κ3) is 5.54. The molecule has 0 aromatic heterocycles. The molecule has 15 atom stereocenters. The van der Waals surface area contributed by atoms with Crippen LogP contribution in [0.15, 0.2) is 0 Å². The van der Waals surface area contributed by atoms with Crippen molar-refractivity contribution in [2.45, 2.75) is 98.9 Å². The number of aliphatic hydroxyl groups is 10. The van der Waals surface area contributed by atoms with Crippen molar-refractivity contribution < 1.29 is 74.7 Å². The molecule has 15 heteroatoms. The first-order valence-electron chi connectivity index (χ1n) is 10.9. The van der Waals surface area contributed by atoms with Gasteiger partial charge in [0, 0.05) is 0 Å². The number of hydrogen-bond donors (Lipinski definition) is 10. The summed E-state index contributed by atoms with van der Waals surface area (Å²) in [5.74, 6) is 0. The van der Waals surface area contributed by atoms with Gasteiger partial charge in [-0.3, -0.25) is 0 Å². The average molecular weight is 502 g/mol. The predicted molar refractivity (Wildman–Crippen MR) is 105 cm³/mol. The summed E-state index contributed by atoms with van der Waals surface area (Å²) in [6, 6.07) is 0. The zero-order chi connectivity index (χ0) is 25.3. The van der Waals surface area contributed by atoms with E-state index in [1.165, 1.54) is 6.92 Å². The molecular weight excluding hydrogens is 468 g/mol. The van der Waals surface area contributed by atoms with Gasteiger partial charge in [0.25, 0.3) is 0 Å². The van der Waals surface area contributed by atoms with E-state index >= 15 is 0 Å². The minimum atomic E-state index is -1.79. The Kier molecular flexibility index (Phi) is 9.57. The van der Waals surface area contributed by atoms with Crippen molar-refractivity contribution in [3.63, 3.8) is 0 Å². The number of ether oxygens (including phenoxy) is 5. The van der Waals surface area contributed by atoms with Crippen LogP contribution in [0.3, 0.4) is 0 Å². The summed E-state index contributed by atoms with van der Waals surface area (Å²) < 4.78 is 26.9. The molecule has 0 amide bonds. The highest BCUT2D eigenvalue weighted by Crippen LogP contribution is 2.30. The van der Waals surface area contributed by atoms with Gasteiger partial charge in [0.2, 0.25) is 0 Å². The number of rotatable bonds is 7. The topological polar surface area (TPSA) is 248 Å². The molecule has 3 rings (SSSR count). The Bertz CT molecular complexity index is 637. The van der Waals surface area contributed by atoms with Crippen molar-refractivity contribution in [2.24, 2.45) is 0 Å². The van der Waals surface area contributed by atoms with Crippen LogP contribution in [0.25, 0.3) is 0 Å². The first kappa shape index (κ1) is 28.0. The largest absolute Gasteiger partial charge is 0.394 e. The molecule has 34 heavy (non-hydrogen) atoms. The molecule has 3 heterocycles. The summed E-state index contributed by atoms with van der Waals surface area (Å²) in [4.78, 5) is 0. The Morgan fingerprint density at radius 1 is 0.559 bits per heavy atom. The lowest BCUT2D eigenvalue weighted by molar-refractivity contribution is -0.362. The van der Waals surface area contributed by atoms with Gasteiger partial charge >= 0.3 is 0 Å². The first-order chi connectivity index (χ1) is 16.0. The van der Waals surface area contributed by atoms with Crippen molar-refractivity contribution in [1.82, 2.24) is 0 Å². The summed E-state index contributed by atoms with van der Waals surface area (Å²) in [5, 5.41) is 99.7. The summed E-state index contributed by atoms with van der Waals surface area (Å²) in [6.07, 6.45) is -22.2. The van der Waals surface area contributed by atoms with Crippen LogP contribution in [0.4, 0.5) is 0 Å². The molecule has 0 radical (unpaired) electrons. The van der Waals surface area contributed by atoms with Gasteiger partial charge < -0.3 is 74.7 Å². The van der Waals surface area contributed by atoms with Crippen LogP contribution in [0.2, 0.25) is 0 Å². The van der Waals surface area contributed by atoms with Crippen molar-refractivity contribution >= 4 is 0 Å². The Labute approximate surface area is 194 Å². The van der Waals surface area contributed by atoms with E-state index < -0.39 is 112 Å². The smallest absolute Gasteiger partial charge is 0.187 e. The molecule has 10 N–H and O–H groups in total. The lowest BCUT2D eigenvalue weighted by atomic mass is 9.96. The third-order valence-corrected chi connectivity index (χ3v) is 6.34. The van der Waals surface area contributed by atoms with Crippen molar-refractivity contribution in [3.8, 4) is 0 Å². The van der Waals surface area contributed by atoms with Gasteiger partial charge in [0.1, 0.15) is 73.2 Å². The second kappa shape index (κ2) is 11.6. The quantitative estimate of drug-likeness (QED) is 0.155. The molecule has 3 saturated heterocycles. The summed E-state index contributed by atoms with van der Waals surface area (Å²) >= 11 is 0. The Balaban J connectivity index is 1.63. The van der Waals surface area contributed by atoms with Crippen LogP contribution >= 0.6 is 0 Å². The van der Waals surface area contributed by atoms with Gasteiger partial charge in [-0.1, -0.05) is 0 Å². The van der Waals surface area contributed by atoms with Gasteiger partial charge in [-0.25, -0.2) is 0 Å². The van der Waals surface area contributed by atoms with E-state index in [4.69, 9.17) is 23.7 Å². The summed E-state index contributed by atoms with van der Waals surface area (Å²) in [6.45, 7) is -0.391. The second-order valence-corrected chi connectivity index (χ2v) is 8.69. The molecule has 0 saturated carbocycles. The molecule has 0 aromatic rings. The zero-order valence-corrected chi connectivity index (χ0v) is 18.3. The minimum absolute atomic E-state index is 0.417. The number of aliphatic hydroxyl groups excluding tert-OH is 10.